The van der Waals surface area contributed by atoms with Gasteiger partial charge in [-0.25, -0.2) is 21.2 Å². The standard InChI is InChI=1S/C16H20ClFN4O4S2/c1-12-15(16(17)20(2)19-12)28(25,26)22-9-3-8-21(10-11-22)27(23,24)14-6-4-13(18)5-7-14/h4-7H,3,8-11H2,1-2H3. The Morgan fingerprint density at radius 2 is 1.50 bits per heavy atom. The predicted octanol–water partition coefficient (Wildman–Crippen LogP) is 1.61. The molecule has 2 heterocycles. The van der Waals surface area contributed by atoms with E-state index in [9.17, 15) is 21.2 Å². The van der Waals surface area contributed by atoms with E-state index in [4.69, 9.17) is 11.6 Å². The molecular formula is C16H20ClFN4O4S2. The highest BCUT2D eigenvalue weighted by Crippen LogP contribution is 2.28. The van der Waals surface area contributed by atoms with E-state index >= 15 is 0 Å². The van der Waals surface area contributed by atoms with Gasteiger partial charge < -0.3 is 0 Å². The normalized spacial score (nSPS) is 17.6. The van der Waals surface area contributed by atoms with Crippen LogP contribution in [0.5, 0.6) is 0 Å². The highest BCUT2D eigenvalue weighted by atomic mass is 35.5. The van der Waals surface area contributed by atoms with Crippen molar-refractivity contribution in [2.24, 2.45) is 7.05 Å². The van der Waals surface area contributed by atoms with Gasteiger partial charge in [-0.05, 0) is 37.6 Å². The number of aryl methyl sites for hydroxylation is 2. The van der Waals surface area contributed by atoms with Crippen molar-refractivity contribution in [2.75, 3.05) is 26.2 Å². The number of nitrogens with zero attached hydrogens (tertiary/aromatic N) is 4. The summed E-state index contributed by atoms with van der Waals surface area (Å²) < 4.78 is 68.5. The molecule has 0 spiro atoms. The first-order valence-electron chi connectivity index (χ1n) is 8.50. The fourth-order valence-corrected chi connectivity index (χ4v) is 6.78. The molecule has 0 atom stereocenters. The topological polar surface area (TPSA) is 92.6 Å². The Morgan fingerprint density at radius 3 is 2.00 bits per heavy atom. The molecule has 0 aliphatic carbocycles. The van der Waals surface area contributed by atoms with Crippen LogP contribution in [0.15, 0.2) is 34.1 Å². The Hall–Kier alpha value is -1.53. The maximum absolute atomic E-state index is 13.1. The van der Waals surface area contributed by atoms with Crippen molar-refractivity contribution in [1.29, 1.82) is 0 Å². The van der Waals surface area contributed by atoms with E-state index < -0.39 is 25.9 Å². The summed E-state index contributed by atoms with van der Waals surface area (Å²) in [5.41, 5.74) is 0.285. The lowest BCUT2D eigenvalue weighted by Crippen LogP contribution is -2.37. The Morgan fingerprint density at radius 1 is 0.964 bits per heavy atom. The Balaban J connectivity index is 1.84. The summed E-state index contributed by atoms with van der Waals surface area (Å²) in [6.45, 7) is 1.83. The lowest BCUT2D eigenvalue weighted by atomic mass is 10.4. The van der Waals surface area contributed by atoms with Gasteiger partial charge in [0.2, 0.25) is 20.0 Å². The molecule has 0 amide bonds. The van der Waals surface area contributed by atoms with E-state index in [0.717, 1.165) is 12.1 Å². The van der Waals surface area contributed by atoms with Gasteiger partial charge in [-0.1, -0.05) is 11.6 Å². The third kappa shape index (κ3) is 3.81. The van der Waals surface area contributed by atoms with Gasteiger partial charge in [-0.2, -0.15) is 13.7 Å². The molecule has 8 nitrogen and oxygen atoms in total. The first-order chi connectivity index (χ1) is 13.0. The van der Waals surface area contributed by atoms with Crippen LogP contribution < -0.4 is 0 Å². The molecule has 154 valence electrons. The molecular weight excluding hydrogens is 431 g/mol. The van der Waals surface area contributed by atoms with Crippen LogP contribution in [0.4, 0.5) is 4.39 Å². The number of hydrogen-bond donors (Lipinski definition) is 0. The molecule has 28 heavy (non-hydrogen) atoms. The highest BCUT2D eigenvalue weighted by molar-refractivity contribution is 7.89. The number of benzene rings is 1. The summed E-state index contributed by atoms with van der Waals surface area (Å²) >= 11 is 6.11. The third-order valence-corrected chi connectivity index (χ3v) is 9.07. The quantitative estimate of drug-likeness (QED) is 0.705. The van der Waals surface area contributed by atoms with E-state index in [-0.39, 0.29) is 46.8 Å². The zero-order valence-electron chi connectivity index (χ0n) is 15.3. The summed E-state index contributed by atoms with van der Waals surface area (Å²) in [5, 5.41) is 4.05. The van der Waals surface area contributed by atoms with Gasteiger partial charge in [0.05, 0.1) is 10.6 Å². The number of rotatable bonds is 4. The molecule has 1 aliphatic heterocycles. The van der Waals surface area contributed by atoms with Crippen LogP contribution >= 0.6 is 11.6 Å². The molecule has 3 rings (SSSR count). The molecule has 1 aliphatic rings. The van der Waals surface area contributed by atoms with Crippen molar-refractivity contribution in [3.8, 4) is 0 Å². The molecule has 1 aromatic heterocycles. The van der Waals surface area contributed by atoms with Gasteiger partial charge in [0.1, 0.15) is 15.9 Å². The number of sulfonamides is 2. The fourth-order valence-electron chi connectivity index (χ4n) is 3.14. The maximum atomic E-state index is 13.1. The largest absolute Gasteiger partial charge is 0.255 e. The minimum atomic E-state index is -3.92. The summed E-state index contributed by atoms with van der Waals surface area (Å²) in [6, 6.07) is 4.55. The van der Waals surface area contributed by atoms with Gasteiger partial charge in [-0.15, -0.1) is 0 Å². The Labute approximate surface area is 168 Å². The van der Waals surface area contributed by atoms with Crippen LogP contribution in [0.25, 0.3) is 0 Å². The minimum absolute atomic E-state index is 0.0116. The molecule has 0 radical (unpaired) electrons. The van der Waals surface area contributed by atoms with Crippen LogP contribution in [0.3, 0.4) is 0 Å². The van der Waals surface area contributed by atoms with Crippen LogP contribution in [0.2, 0.25) is 5.15 Å². The zero-order valence-corrected chi connectivity index (χ0v) is 17.7. The van der Waals surface area contributed by atoms with Gasteiger partial charge in [0, 0.05) is 33.2 Å². The summed E-state index contributed by atoms with van der Waals surface area (Å²) in [5.74, 6) is -0.532. The second-order valence-electron chi connectivity index (χ2n) is 6.44. The highest BCUT2D eigenvalue weighted by Gasteiger charge is 2.35. The first-order valence-corrected chi connectivity index (χ1v) is 11.8. The van der Waals surface area contributed by atoms with Gasteiger partial charge >= 0.3 is 0 Å². The smallest absolute Gasteiger partial charge is 0.248 e. The van der Waals surface area contributed by atoms with E-state index in [2.05, 4.69) is 5.10 Å². The molecule has 12 heteroatoms. The minimum Gasteiger partial charge on any atom is -0.255 e. The van der Waals surface area contributed by atoms with Crippen molar-refractivity contribution in [3.05, 3.63) is 40.9 Å². The molecule has 2 aromatic rings. The van der Waals surface area contributed by atoms with Crippen molar-refractivity contribution in [3.63, 3.8) is 0 Å². The lowest BCUT2D eigenvalue weighted by molar-refractivity contribution is 0.404. The van der Waals surface area contributed by atoms with Crippen LogP contribution in [0, 0.1) is 12.7 Å². The Kier molecular flexibility index (Phi) is 5.84. The molecule has 0 bridgehead atoms. The number of hydrogen-bond acceptors (Lipinski definition) is 5. The summed E-state index contributed by atoms with van der Waals surface area (Å²) in [7, 11) is -6.21. The van der Waals surface area contributed by atoms with E-state index in [1.54, 1.807) is 14.0 Å². The molecule has 0 saturated carbocycles. The third-order valence-electron chi connectivity index (χ3n) is 4.56. The lowest BCUT2D eigenvalue weighted by Gasteiger charge is -2.21. The fraction of sp³-hybridized carbons (Fsp3) is 0.438. The molecule has 0 unspecified atom stereocenters. The average molecular weight is 451 g/mol. The van der Waals surface area contributed by atoms with Crippen molar-refractivity contribution >= 4 is 31.6 Å². The average Bonchev–Trinajstić information content (AvgIpc) is 2.81. The second-order valence-corrected chi connectivity index (χ2v) is 10.6. The second kappa shape index (κ2) is 7.71. The summed E-state index contributed by atoms with van der Waals surface area (Å²) in [6.07, 6.45) is 0.316. The molecule has 1 fully saturated rings. The molecule has 0 N–H and O–H groups in total. The van der Waals surface area contributed by atoms with Crippen LogP contribution in [-0.4, -0.2) is 61.4 Å². The van der Waals surface area contributed by atoms with E-state index in [1.807, 2.05) is 0 Å². The molecule has 1 aromatic carbocycles. The maximum Gasteiger partial charge on any atom is 0.248 e. The van der Waals surface area contributed by atoms with Crippen molar-refractivity contribution in [2.45, 2.75) is 23.1 Å². The van der Waals surface area contributed by atoms with Crippen LogP contribution in [-0.2, 0) is 27.1 Å². The first kappa shape index (κ1) is 21.2. The van der Waals surface area contributed by atoms with Gasteiger partial charge in [0.15, 0.2) is 0 Å². The van der Waals surface area contributed by atoms with Gasteiger partial charge in [-0.3, -0.25) is 4.68 Å². The zero-order chi connectivity index (χ0) is 20.7. The number of halogens is 2. The Bertz CT molecular complexity index is 1080. The predicted molar refractivity (Wildman–Crippen MR) is 101 cm³/mol. The van der Waals surface area contributed by atoms with E-state index in [1.165, 1.54) is 25.4 Å². The van der Waals surface area contributed by atoms with E-state index in [0.29, 0.717) is 6.42 Å². The monoisotopic (exact) mass is 450 g/mol. The van der Waals surface area contributed by atoms with Gasteiger partial charge in [0.25, 0.3) is 0 Å². The number of aromatic nitrogens is 2. The van der Waals surface area contributed by atoms with Crippen molar-refractivity contribution in [1.82, 2.24) is 18.4 Å². The summed E-state index contributed by atoms with van der Waals surface area (Å²) in [4.78, 5) is -0.0946. The van der Waals surface area contributed by atoms with Crippen molar-refractivity contribution < 1.29 is 21.2 Å². The van der Waals surface area contributed by atoms with Crippen LogP contribution in [0.1, 0.15) is 12.1 Å². The SMILES string of the molecule is Cc1nn(C)c(Cl)c1S(=O)(=O)N1CCCN(S(=O)(=O)c2ccc(F)cc2)CC1. The molecule has 1 saturated heterocycles.